The van der Waals surface area contributed by atoms with Crippen LogP contribution in [0.1, 0.15) is 24.1 Å². The van der Waals surface area contributed by atoms with E-state index in [9.17, 15) is 18.5 Å². The minimum absolute atomic E-state index is 0.0378. The Labute approximate surface area is 219 Å². The van der Waals surface area contributed by atoms with Gasteiger partial charge in [-0.3, -0.25) is 4.98 Å². The van der Waals surface area contributed by atoms with E-state index < -0.39 is 28.3 Å². The molecule has 0 spiro atoms. The van der Waals surface area contributed by atoms with Crippen molar-refractivity contribution in [3.8, 4) is 11.5 Å². The van der Waals surface area contributed by atoms with Crippen LogP contribution in [0.15, 0.2) is 47.7 Å². The van der Waals surface area contributed by atoms with Gasteiger partial charge in [0.15, 0.2) is 21.3 Å². The summed E-state index contributed by atoms with van der Waals surface area (Å²) in [6.07, 6.45) is 4.15. The monoisotopic (exact) mass is 611 g/mol. The van der Waals surface area contributed by atoms with Crippen LogP contribution in [0, 0.1) is 3.57 Å². The molecule has 0 unspecified atom stereocenters. The lowest BCUT2D eigenvalue weighted by Gasteiger charge is -2.32. The maximum atomic E-state index is 12.8. The normalized spacial score (nSPS) is 21.8. The van der Waals surface area contributed by atoms with E-state index in [0.717, 1.165) is 28.0 Å². The topological polar surface area (TPSA) is 115 Å². The number of methoxy groups -OCH3 is 2. The molecule has 2 atom stereocenters. The number of sulfone groups is 1. The molecule has 3 heterocycles. The Kier molecular flexibility index (Phi) is 8.21. The van der Waals surface area contributed by atoms with Gasteiger partial charge in [0.25, 0.3) is 0 Å². The number of phenols is 1. The number of hydrogen-bond donors (Lipinski definition) is 2. The average Bonchev–Trinajstić information content (AvgIpc) is 3.08. The number of rotatable bonds is 8. The molecule has 0 bridgehead atoms. The van der Waals surface area contributed by atoms with Gasteiger partial charge >= 0.3 is 7.12 Å². The van der Waals surface area contributed by atoms with Gasteiger partial charge < -0.3 is 24.3 Å². The zero-order chi connectivity index (χ0) is 25.2. The fourth-order valence-electron chi connectivity index (χ4n) is 4.73. The number of aromatic hydroxyl groups is 1. The number of fused-ring (bicyclic) bond motifs is 1. The highest BCUT2D eigenvalue weighted by Gasteiger charge is 2.48. The number of phenolic OH excluding ortho intramolecular Hbond substituents is 1. The van der Waals surface area contributed by atoms with Crippen LogP contribution in [0.25, 0.3) is 11.6 Å². The summed E-state index contributed by atoms with van der Waals surface area (Å²) in [5.41, 5.74) is 3.94. The molecule has 2 aliphatic heterocycles. The van der Waals surface area contributed by atoms with Gasteiger partial charge in [-0.05, 0) is 88.1 Å². The summed E-state index contributed by atoms with van der Waals surface area (Å²) >= 11 is 2.05. The van der Waals surface area contributed by atoms with Crippen molar-refractivity contribution in [3.05, 3.63) is 62.5 Å². The largest absolute Gasteiger partial charge is 0.504 e. The number of allylic oxidation sites excluding steroid dienone is 1. The van der Waals surface area contributed by atoms with Gasteiger partial charge in [0, 0.05) is 19.6 Å². The number of nitrogens with zero attached hydrogens (tertiary/aromatic N) is 1. The van der Waals surface area contributed by atoms with E-state index in [1.54, 1.807) is 12.3 Å². The Balaban J connectivity index is 1.68. The molecule has 2 aliphatic rings. The van der Waals surface area contributed by atoms with Crippen molar-refractivity contribution in [1.29, 1.82) is 0 Å². The average molecular weight is 611 g/mol. The molecule has 2 aromatic rings. The Bertz CT molecular complexity index is 1250. The Hall–Kier alpha value is -1.93. The standard InChI is InChI=1S/C24H27BINO7S/c1-32-13-17-14-35(30,31)22-12-25(29)34-20(23(17)22)7-6-16(19-5-3-4-8-27-19)9-15-10-18(26)24(28)21(11-15)33-2/h3-5,8-11,20,22,28-29H,6-7,12-14H2,1-2H3/b16-9-/t20-,22+/m1/s1. The molecule has 1 saturated heterocycles. The zero-order valence-electron chi connectivity index (χ0n) is 19.5. The minimum Gasteiger partial charge on any atom is -0.504 e. The van der Waals surface area contributed by atoms with Crippen LogP contribution in [-0.2, 0) is 19.2 Å². The van der Waals surface area contributed by atoms with Gasteiger partial charge in [-0.25, -0.2) is 8.42 Å². The van der Waals surface area contributed by atoms with E-state index in [1.807, 2.05) is 30.3 Å². The quantitative estimate of drug-likeness (QED) is 0.266. The molecule has 1 aromatic carbocycles. The molecule has 8 nitrogen and oxygen atoms in total. The lowest BCUT2D eigenvalue weighted by atomic mass is 9.74. The molecule has 1 fully saturated rings. The van der Waals surface area contributed by atoms with Crippen LogP contribution >= 0.6 is 22.6 Å². The van der Waals surface area contributed by atoms with Gasteiger partial charge in [0.05, 0.1) is 40.1 Å². The van der Waals surface area contributed by atoms with Crippen molar-refractivity contribution in [3.63, 3.8) is 0 Å². The Morgan fingerprint density at radius 1 is 1.34 bits per heavy atom. The van der Waals surface area contributed by atoms with E-state index in [-0.39, 0.29) is 24.4 Å². The molecule has 0 saturated carbocycles. The fourth-order valence-corrected chi connectivity index (χ4v) is 7.45. The van der Waals surface area contributed by atoms with Gasteiger partial charge in [0.1, 0.15) is 0 Å². The molecule has 11 heteroatoms. The number of benzene rings is 1. The number of aromatic nitrogens is 1. The van der Waals surface area contributed by atoms with Gasteiger partial charge in [-0.2, -0.15) is 0 Å². The molecule has 0 amide bonds. The van der Waals surface area contributed by atoms with E-state index in [2.05, 4.69) is 27.6 Å². The predicted molar refractivity (Wildman–Crippen MR) is 143 cm³/mol. The summed E-state index contributed by atoms with van der Waals surface area (Å²) in [6.45, 7) is 0.218. The molecule has 0 aliphatic carbocycles. The first-order valence-corrected chi connectivity index (χ1v) is 14.0. The molecule has 2 N–H and O–H groups in total. The van der Waals surface area contributed by atoms with Crippen LogP contribution in [0.5, 0.6) is 11.5 Å². The number of pyridine rings is 1. The summed E-state index contributed by atoms with van der Waals surface area (Å²) in [4.78, 5) is 4.50. The van der Waals surface area contributed by atoms with Gasteiger partial charge in [0.2, 0.25) is 0 Å². The molecule has 1 aromatic heterocycles. The summed E-state index contributed by atoms with van der Waals surface area (Å²) in [5, 5.41) is 19.8. The Morgan fingerprint density at radius 2 is 2.14 bits per heavy atom. The first-order chi connectivity index (χ1) is 16.7. The maximum Gasteiger partial charge on any atom is 0.456 e. The molecule has 4 rings (SSSR count). The zero-order valence-corrected chi connectivity index (χ0v) is 22.5. The summed E-state index contributed by atoms with van der Waals surface area (Å²) < 4.78 is 42.6. The minimum atomic E-state index is -3.40. The van der Waals surface area contributed by atoms with Crippen LogP contribution in [0.3, 0.4) is 0 Å². The first kappa shape index (κ1) is 26.1. The van der Waals surface area contributed by atoms with Gasteiger partial charge in [-0.1, -0.05) is 6.07 Å². The first-order valence-electron chi connectivity index (χ1n) is 11.2. The van der Waals surface area contributed by atoms with E-state index in [0.29, 0.717) is 22.2 Å². The third kappa shape index (κ3) is 5.74. The van der Waals surface area contributed by atoms with Crippen LogP contribution in [0.2, 0.25) is 6.32 Å². The molecular weight excluding hydrogens is 584 g/mol. The van der Waals surface area contributed by atoms with Crippen molar-refractivity contribution >= 4 is 51.2 Å². The van der Waals surface area contributed by atoms with E-state index in [4.69, 9.17) is 14.1 Å². The second kappa shape index (κ2) is 11.0. The summed E-state index contributed by atoms with van der Waals surface area (Å²) in [7, 11) is -1.50. The molecular formula is C24H27BINO7S. The van der Waals surface area contributed by atoms with Crippen LogP contribution in [0.4, 0.5) is 0 Å². The lowest BCUT2D eigenvalue weighted by Crippen LogP contribution is -2.42. The number of halogens is 1. The third-order valence-corrected chi connectivity index (χ3v) is 9.13. The second-order valence-electron chi connectivity index (χ2n) is 8.58. The van der Waals surface area contributed by atoms with Crippen molar-refractivity contribution in [2.75, 3.05) is 26.6 Å². The van der Waals surface area contributed by atoms with Crippen LogP contribution < -0.4 is 4.74 Å². The summed E-state index contributed by atoms with van der Waals surface area (Å²) in [5.74, 6) is 0.387. The SMILES string of the molecule is COCC1=C2[C@@H](CC/C(=C/c3cc(I)c(O)c(OC)c3)c3ccccn3)OB(O)C[C@@H]2S(=O)(=O)C1. The Morgan fingerprint density at radius 3 is 2.83 bits per heavy atom. The molecule has 0 radical (unpaired) electrons. The lowest BCUT2D eigenvalue weighted by molar-refractivity contribution is 0.167. The number of hydrogen-bond acceptors (Lipinski definition) is 8. The van der Waals surface area contributed by atoms with E-state index in [1.165, 1.54) is 14.2 Å². The van der Waals surface area contributed by atoms with Crippen molar-refractivity contribution in [2.45, 2.75) is 30.5 Å². The van der Waals surface area contributed by atoms with Crippen LogP contribution in [-0.4, -0.2) is 68.6 Å². The highest BCUT2D eigenvalue weighted by molar-refractivity contribution is 14.1. The van der Waals surface area contributed by atoms with Crippen molar-refractivity contribution in [1.82, 2.24) is 4.98 Å². The summed E-state index contributed by atoms with van der Waals surface area (Å²) in [6, 6.07) is 9.24. The predicted octanol–water partition coefficient (Wildman–Crippen LogP) is 3.34. The third-order valence-electron chi connectivity index (χ3n) is 6.25. The highest BCUT2D eigenvalue weighted by Crippen LogP contribution is 2.40. The number of ether oxygens (including phenoxy) is 2. The molecule has 186 valence electrons. The van der Waals surface area contributed by atoms with Crippen molar-refractivity contribution < 1.29 is 32.7 Å². The molecule has 35 heavy (non-hydrogen) atoms. The maximum absolute atomic E-state index is 12.8. The smallest absolute Gasteiger partial charge is 0.456 e. The van der Waals surface area contributed by atoms with Crippen molar-refractivity contribution in [2.24, 2.45) is 0 Å². The van der Waals surface area contributed by atoms with Gasteiger partial charge in [-0.15, -0.1) is 0 Å². The van der Waals surface area contributed by atoms with E-state index >= 15 is 0 Å². The highest BCUT2D eigenvalue weighted by atomic mass is 127. The second-order valence-corrected chi connectivity index (χ2v) is 11.9. The fraction of sp³-hybridized carbons (Fsp3) is 0.375.